The highest BCUT2D eigenvalue weighted by Crippen LogP contribution is 2.33. The van der Waals surface area contributed by atoms with E-state index in [9.17, 15) is 0 Å². The Hall–Kier alpha value is -0.900. The van der Waals surface area contributed by atoms with E-state index in [2.05, 4.69) is 19.2 Å². The molecule has 0 radical (unpaired) electrons. The molecule has 2 aromatic rings. The van der Waals surface area contributed by atoms with E-state index in [0.29, 0.717) is 5.92 Å². The molecule has 0 spiro atoms. The molecular weight excluding hydrogens is 288 g/mol. The van der Waals surface area contributed by atoms with Gasteiger partial charge >= 0.3 is 0 Å². The van der Waals surface area contributed by atoms with E-state index < -0.39 is 0 Å². The maximum atomic E-state index is 5.95. The first-order valence-corrected chi connectivity index (χ1v) is 8.32. The van der Waals surface area contributed by atoms with E-state index in [1.807, 2.05) is 24.3 Å². The predicted octanol–water partition coefficient (Wildman–Crippen LogP) is 4.84. The Morgan fingerprint density at radius 3 is 2.60 bits per heavy atom. The number of benzene rings is 1. The van der Waals surface area contributed by atoms with Gasteiger partial charge in [0, 0.05) is 28.0 Å². The SMILES string of the molecule is CC(C)c1nc(-c2ccc(Cl)cc2)sc1CNC1CC1. The summed E-state index contributed by atoms with van der Waals surface area (Å²) in [6, 6.07) is 8.67. The number of nitrogens with one attached hydrogen (secondary N) is 1. The lowest BCUT2D eigenvalue weighted by molar-refractivity contribution is 0.681. The minimum atomic E-state index is 0.461. The lowest BCUT2D eigenvalue weighted by Crippen LogP contribution is -2.15. The first kappa shape index (κ1) is 14.1. The number of hydrogen-bond acceptors (Lipinski definition) is 3. The van der Waals surface area contributed by atoms with Gasteiger partial charge in [0.1, 0.15) is 5.01 Å². The second kappa shape index (κ2) is 5.84. The van der Waals surface area contributed by atoms with Crippen LogP contribution >= 0.6 is 22.9 Å². The Morgan fingerprint density at radius 2 is 2.00 bits per heavy atom. The second-order valence-electron chi connectivity index (χ2n) is 5.64. The maximum absolute atomic E-state index is 5.95. The van der Waals surface area contributed by atoms with Gasteiger partial charge in [0.15, 0.2) is 0 Å². The normalized spacial score (nSPS) is 15.0. The summed E-state index contributed by atoms with van der Waals surface area (Å²) in [6.07, 6.45) is 2.64. The van der Waals surface area contributed by atoms with Crippen LogP contribution in [0.4, 0.5) is 0 Å². The average molecular weight is 307 g/mol. The molecule has 1 aliphatic carbocycles. The highest BCUT2D eigenvalue weighted by atomic mass is 35.5. The molecular formula is C16H19ClN2S. The van der Waals surface area contributed by atoms with Crippen molar-refractivity contribution < 1.29 is 0 Å². The average Bonchev–Trinajstić information content (AvgIpc) is 3.15. The van der Waals surface area contributed by atoms with Gasteiger partial charge < -0.3 is 5.32 Å². The minimum Gasteiger partial charge on any atom is -0.309 e. The molecule has 20 heavy (non-hydrogen) atoms. The molecule has 1 saturated carbocycles. The van der Waals surface area contributed by atoms with Gasteiger partial charge in [0.2, 0.25) is 0 Å². The van der Waals surface area contributed by atoms with Crippen LogP contribution in [-0.2, 0) is 6.54 Å². The molecule has 0 atom stereocenters. The highest BCUT2D eigenvalue weighted by Gasteiger charge is 2.22. The largest absolute Gasteiger partial charge is 0.309 e. The van der Waals surface area contributed by atoms with Crippen molar-refractivity contribution in [3.05, 3.63) is 39.9 Å². The molecule has 0 unspecified atom stereocenters. The van der Waals surface area contributed by atoms with Crippen LogP contribution < -0.4 is 5.32 Å². The topological polar surface area (TPSA) is 24.9 Å². The molecule has 106 valence electrons. The quantitative estimate of drug-likeness (QED) is 0.855. The summed E-state index contributed by atoms with van der Waals surface area (Å²) in [5.41, 5.74) is 2.38. The summed E-state index contributed by atoms with van der Waals surface area (Å²) in [4.78, 5) is 6.22. The van der Waals surface area contributed by atoms with Crippen LogP contribution in [0.25, 0.3) is 10.6 Å². The molecule has 1 aromatic heterocycles. The van der Waals surface area contributed by atoms with Gasteiger partial charge in [-0.3, -0.25) is 0 Å². The van der Waals surface area contributed by atoms with Gasteiger partial charge in [-0.05, 0) is 30.9 Å². The van der Waals surface area contributed by atoms with Gasteiger partial charge in [-0.15, -0.1) is 11.3 Å². The van der Waals surface area contributed by atoms with Gasteiger partial charge in [-0.2, -0.15) is 0 Å². The molecule has 2 nitrogen and oxygen atoms in total. The Kier molecular flexibility index (Phi) is 4.11. The van der Waals surface area contributed by atoms with Crippen molar-refractivity contribution in [1.82, 2.24) is 10.3 Å². The van der Waals surface area contributed by atoms with Gasteiger partial charge in [0.05, 0.1) is 5.69 Å². The third kappa shape index (κ3) is 3.22. The zero-order valence-corrected chi connectivity index (χ0v) is 13.4. The van der Waals surface area contributed by atoms with E-state index in [1.165, 1.54) is 23.4 Å². The molecule has 1 aliphatic rings. The van der Waals surface area contributed by atoms with Crippen LogP contribution in [0.5, 0.6) is 0 Å². The summed E-state index contributed by atoms with van der Waals surface area (Å²) < 4.78 is 0. The van der Waals surface area contributed by atoms with Crippen LogP contribution in [0, 0.1) is 0 Å². The summed E-state index contributed by atoms with van der Waals surface area (Å²) >= 11 is 7.75. The van der Waals surface area contributed by atoms with Crippen molar-refractivity contribution in [2.24, 2.45) is 0 Å². The Labute approximate surface area is 129 Å². The fourth-order valence-electron chi connectivity index (χ4n) is 2.18. The molecule has 0 amide bonds. The number of hydrogen-bond donors (Lipinski definition) is 1. The van der Waals surface area contributed by atoms with Crippen molar-refractivity contribution in [3.63, 3.8) is 0 Å². The molecule has 1 fully saturated rings. The van der Waals surface area contributed by atoms with Crippen molar-refractivity contribution in [2.75, 3.05) is 0 Å². The molecule has 4 heteroatoms. The summed E-state index contributed by atoms with van der Waals surface area (Å²) in [6.45, 7) is 5.37. The van der Waals surface area contributed by atoms with Gasteiger partial charge in [0.25, 0.3) is 0 Å². The number of halogens is 1. The summed E-state index contributed by atoms with van der Waals surface area (Å²) in [5.74, 6) is 0.461. The van der Waals surface area contributed by atoms with Crippen LogP contribution in [0.3, 0.4) is 0 Å². The lowest BCUT2D eigenvalue weighted by Gasteiger charge is -2.05. The van der Waals surface area contributed by atoms with Crippen molar-refractivity contribution >= 4 is 22.9 Å². The Balaban J connectivity index is 1.86. The third-order valence-electron chi connectivity index (χ3n) is 3.49. The van der Waals surface area contributed by atoms with Crippen LogP contribution in [0.15, 0.2) is 24.3 Å². The van der Waals surface area contributed by atoms with Gasteiger partial charge in [-0.1, -0.05) is 37.6 Å². The molecule has 1 N–H and O–H groups in total. The first-order chi connectivity index (χ1) is 9.63. The van der Waals surface area contributed by atoms with E-state index in [4.69, 9.17) is 16.6 Å². The minimum absolute atomic E-state index is 0.461. The smallest absolute Gasteiger partial charge is 0.123 e. The van der Waals surface area contributed by atoms with Crippen molar-refractivity contribution in [1.29, 1.82) is 0 Å². The molecule has 3 rings (SSSR count). The van der Waals surface area contributed by atoms with E-state index in [1.54, 1.807) is 11.3 Å². The Bertz CT molecular complexity index is 585. The number of thiazole rings is 1. The van der Waals surface area contributed by atoms with Crippen LogP contribution in [-0.4, -0.2) is 11.0 Å². The fourth-order valence-corrected chi connectivity index (χ4v) is 3.48. The standard InChI is InChI=1S/C16H19ClN2S/c1-10(2)15-14(9-18-13-7-8-13)20-16(19-15)11-3-5-12(17)6-4-11/h3-6,10,13,18H,7-9H2,1-2H3. The highest BCUT2D eigenvalue weighted by molar-refractivity contribution is 7.15. The molecule has 0 aliphatic heterocycles. The second-order valence-corrected chi connectivity index (χ2v) is 7.16. The summed E-state index contributed by atoms with van der Waals surface area (Å²) in [7, 11) is 0. The zero-order valence-electron chi connectivity index (χ0n) is 11.8. The van der Waals surface area contributed by atoms with Crippen molar-refractivity contribution in [2.45, 2.75) is 45.2 Å². The third-order valence-corrected chi connectivity index (χ3v) is 4.87. The molecule has 0 bridgehead atoms. The zero-order chi connectivity index (χ0) is 14.1. The van der Waals surface area contributed by atoms with E-state index in [0.717, 1.165) is 28.2 Å². The molecule has 1 heterocycles. The van der Waals surface area contributed by atoms with Crippen LogP contribution in [0.2, 0.25) is 5.02 Å². The lowest BCUT2D eigenvalue weighted by atomic mass is 10.1. The monoisotopic (exact) mass is 306 g/mol. The van der Waals surface area contributed by atoms with Crippen molar-refractivity contribution in [3.8, 4) is 10.6 Å². The summed E-state index contributed by atoms with van der Waals surface area (Å²) in [5, 5.41) is 5.46. The Morgan fingerprint density at radius 1 is 1.30 bits per heavy atom. The van der Waals surface area contributed by atoms with Crippen LogP contribution in [0.1, 0.15) is 43.2 Å². The number of aromatic nitrogens is 1. The molecule has 0 saturated heterocycles. The number of rotatable bonds is 5. The van der Waals surface area contributed by atoms with Gasteiger partial charge in [-0.25, -0.2) is 4.98 Å². The fraction of sp³-hybridized carbons (Fsp3) is 0.438. The van der Waals surface area contributed by atoms with E-state index >= 15 is 0 Å². The molecule has 1 aromatic carbocycles. The van der Waals surface area contributed by atoms with E-state index in [-0.39, 0.29) is 0 Å². The maximum Gasteiger partial charge on any atom is 0.123 e. The number of nitrogens with zero attached hydrogens (tertiary/aromatic N) is 1. The predicted molar refractivity (Wildman–Crippen MR) is 86.5 cm³/mol. The first-order valence-electron chi connectivity index (χ1n) is 7.12.